The van der Waals surface area contributed by atoms with Crippen LogP contribution in [-0.4, -0.2) is 4.98 Å². The summed E-state index contributed by atoms with van der Waals surface area (Å²) >= 11 is 6.98. The third-order valence-corrected chi connectivity index (χ3v) is 3.12. The third-order valence-electron chi connectivity index (χ3n) is 1.92. The van der Waals surface area contributed by atoms with E-state index in [0.717, 1.165) is 14.5 Å². The molecule has 2 aromatic rings. The Labute approximate surface area is 99.4 Å². The largest absolute Gasteiger partial charge is 0.262 e. The first kappa shape index (κ1) is 9.87. The zero-order chi connectivity index (χ0) is 9.97. The molecule has 14 heavy (non-hydrogen) atoms. The molecule has 0 atom stereocenters. The molecule has 0 spiro atoms. The first-order valence-electron chi connectivity index (χ1n) is 4.13. The maximum absolute atomic E-state index is 4.08. The summed E-state index contributed by atoms with van der Waals surface area (Å²) in [6, 6.07) is 10.2. The van der Waals surface area contributed by atoms with Crippen molar-refractivity contribution >= 4 is 31.9 Å². The van der Waals surface area contributed by atoms with Gasteiger partial charge in [-0.15, -0.1) is 0 Å². The van der Waals surface area contributed by atoms with Crippen LogP contribution in [0.15, 0.2) is 51.7 Å². The molecule has 0 N–H and O–H groups in total. The van der Waals surface area contributed by atoms with Crippen molar-refractivity contribution in [2.45, 2.75) is 0 Å². The van der Waals surface area contributed by atoms with Gasteiger partial charge in [0, 0.05) is 26.9 Å². The lowest BCUT2D eigenvalue weighted by Crippen LogP contribution is -1.83. The lowest BCUT2D eigenvalue weighted by Gasteiger charge is -2.05. The number of pyridine rings is 1. The van der Waals surface area contributed by atoms with Gasteiger partial charge in [0.1, 0.15) is 0 Å². The van der Waals surface area contributed by atoms with E-state index in [1.807, 2.05) is 18.2 Å². The molecule has 0 saturated carbocycles. The van der Waals surface area contributed by atoms with Crippen molar-refractivity contribution in [1.82, 2.24) is 4.98 Å². The first-order chi connectivity index (χ1) is 6.79. The molecular weight excluding hydrogens is 306 g/mol. The minimum atomic E-state index is 0.998. The summed E-state index contributed by atoms with van der Waals surface area (Å²) in [6.45, 7) is 0. The Morgan fingerprint density at radius 3 is 2.00 bits per heavy atom. The Bertz CT molecular complexity index is 420. The van der Waals surface area contributed by atoms with Crippen LogP contribution in [0.2, 0.25) is 0 Å². The average Bonchev–Trinajstić information content (AvgIpc) is 2.19. The van der Waals surface area contributed by atoms with Crippen LogP contribution >= 0.6 is 31.9 Å². The highest BCUT2D eigenvalue weighted by molar-refractivity contribution is 9.11. The molecule has 0 aliphatic carbocycles. The Balaban J connectivity index is 2.63. The van der Waals surface area contributed by atoms with Crippen molar-refractivity contribution in [2.75, 3.05) is 0 Å². The van der Waals surface area contributed by atoms with E-state index in [4.69, 9.17) is 0 Å². The predicted octanol–water partition coefficient (Wildman–Crippen LogP) is 4.27. The second-order valence-corrected chi connectivity index (χ2v) is 4.55. The molecule has 3 heteroatoms. The molecule has 2 rings (SSSR count). The smallest absolute Gasteiger partial charge is 0.0448 e. The van der Waals surface area contributed by atoms with E-state index in [-0.39, 0.29) is 0 Å². The van der Waals surface area contributed by atoms with Crippen LogP contribution in [0, 0.1) is 0 Å². The second kappa shape index (κ2) is 4.24. The summed E-state index contributed by atoms with van der Waals surface area (Å²) in [5.41, 5.74) is 2.31. The van der Waals surface area contributed by atoms with Gasteiger partial charge in [-0.05, 0) is 37.4 Å². The Kier molecular flexibility index (Phi) is 2.99. The highest BCUT2D eigenvalue weighted by Crippen LogP contribution is 2.33. The van der Waals surface area contributed by atoms with Crippen LogP contribution in [0.5, 0.6) is 0 Å². The van der Waals surface area contributed by atoms with Gasteiger partial charge in [0.2, 0.25) is 0 Å². The van der Waals surface area contributed by atoms with E-state index < -0.39 is 0 Å². The molecule has 0 bridgehead atoms. The summed E-state index contributed by atoms with van der Waals surface area (Å²) in [5, 5.41) is 0. The number of nitrogens with zero attached hydrogens (tertiary/aromatic N) is 1. The van der Waals surface area contributed by atoms with Crippen molar-refractivity contribution in [3.63, 3.8) is 0 Å². The first-order valence-corrected chi connectivity index (χ1v) is 5.72. The Morgan fingerprint density at radius 1 is 0.857 bits per heavy atom. The van der Waals surface area contributed by atoms with Gasteiger partial charge in [-0.1, -0.05) is 30.3 Å². The van der Waals surface area contributed by atoms with E-state index >= 15 is 0 Å². The van der Waals surface area contributed by atoms with E-state index in [0.29, 0.717) is 0 Å². The standard InChI is InChI=1S/C11H7Br2N/c12-9-6-14-7-10(13)11(9)8-4-2-1-3-5-8/h1-7H. The SMILES string of the molecule is Brc1cncc(Br)c1-c1ccccc1. The molecule has 1 nitrogen and oxygen atoms in total. The van der Waals surface area contributed by atoms with E-state index in [1.54, 1.807) is 12.4 Å². The van der Waals surface area contributed by atoms with Crippen LogP contribution in [0.3, 0.4) is 0 Å². The van der Waals surface area contributed by atoms with E-state index in [1.165, 1.54) is 5.56 Å². The van der Waals surface area contributed by atoms with Gasteiger partial charge >= 0.3 is 0 Å². The monoisotopic (exact) mass is 311 g/mol. The normalized spacial score (nSPS) is 10.1. The molecule has 0 aliphatic rings. The van der Waals surface area contributed by atoms with E-state index in [9.17, 15) is 0 Å². The van der Waals surface area contributed by atoms with Crippen molar-refractivity contribution < 1.29 is 0 Å². The Morgan fingerprint density at radius 2 is 1.43 bits per heavy atom. The highest BCUT2D eigenvalue weighted by atomic mass is 79.9. The van der Waals surface area contributed by atoms with Crippen LogP contribution in [0.1, 0.15) is 0 Å². The van der Waals surface area contributed by atoms with Gasteiger partial charge < -0.3 is 0 Å². The zero-order valence-electron chi connectivity index (χ0n) is 7.24. The number of hydrogen-bond donors (Lipinski definition) is 0. The molecular formula is C11H7Br2N. The minimum absolute atomic E-state index is 0.998. The van der Waals surface area contributed by atoms with Crippen molar-refractivity contribution in [2.24, 2.45) is 0 Å². The van der Waals surface area contributed by atoms with Crippen LogP contribution in [0.4, 0.5) is 0 Å². The van der Waals surface area contributed by atoms with Gasteiger partial charge in [0.25, 0.3) is 0 Å². The number of halogens is 2. The maximum atomic E-state index is 4.08. The van der Waals surface area contributed by atoms with Gasteiger partial charge in [-0.2, -0.15) is 0 Å². The number of benzene rings is 1. The minimum Gasteiger partial charge on any atom is -0.262 e. The summed E-state index contributed by atoms with van der Waals surface area (Å²) < 4.78 is 2.00. The number of aromatic nitrogens is 1. The van der Waals surface area contributed by atoms with Crippen LogP contribution in [0.25, 0.3) is 11.1 Å². The lowest BCUT2D eigenvalue weighted by atomic mass is 10.1. The average molecular weight is 313 g/mol. The van der Waals surface area contributed by atoms with Crippen LogP contribution < -0.4 is 0 Å². The molecule has 0 radical (unpaired) electrons. The molecule has 1 aromatic carbocycles. The predicted molar refractivity (Wildman–Crippen MR) is 65.1 cm³/mol. The Hall–Kier alpha value is -0.670. The molecule has 70 valence electrons. The zero-order valence-corrected chi connectivity index (χ0v) is 10.4. The lowest BCUT2D eigenvalue weighted by molar-refractivity contribution is 1.29. The molecule has 1 aromatic heterocycles. The summed E-state index contributed by atoms with van der Waals surface area (Å²) in [5.74, 6) is 0. The van der Waals surface area contributed by atoms with Gasteiger partial charge in [0.15, 0.2) is 0 Å². The topological polar surface area (TPSA) is 12.9 Å². The second-order valence-electron chi connectivity index (χ2n) is 2.84. The maximum Gasteiger partial charge on any atom is 0.0448 e. The summed E-state index contributed by atoms with van der Waals surface area (Å²) in [4.78, 5) is 4.08. The molecule has 0 fully saturated rings. The number of hydrogen-bond acceptors (Lipinski definition) is 1. The van der Waals surface area contributed by atoms with Crippen LogP contribution in [-0.2, 0) is 0 Å². The molecule has 0 aliphatic heterocycles. The quantitative estimate of drug-likeness (QED) is 0.766. The summed E-state index contributed by atoms with van der Waals surface area (Å²) in [7, 11) is 0. The molecule has 0 amide bonds. The van der Waals surface area contributed by atoms with Crippen molar-refractivity contribution in [3.05, 3.63) is 51.7 Å². The fraction of sp³-hybridized carbons (Fsp3) is 0. The van der Waals surface area contributed by atoms with Gasteiger partial charge in [0.05, 0.1) is 0 Å². The fourth-order valence-corrected chi connectivity index (χ4v) is 2.68. The third kappa shape index (κ3) is 1.88. The van der Waals surface area contributed by atoms with E-state index in [2.05, 4.69) is 49.0 Å². The molecule has 0 unspecified atom stereocenters. The van der Waals surface area contributed by atoms with Gasteiger partial charge in [-0.3, -0.25) is 4.98 Å². The molecule has 0 saturated heterocycles. The summed E-state index contributed by atoms with van der Waals surface area (Å²) in [6.07, 6.45) is 3.60. The van der Waals surface area contributed by atoms with Crippen molar-refractivity contribution in [3.8, 4) is 11.1 Å². The van der Waals surface area contributed by atoms with Gasteiger partial charge in [-0.25, -0.2) is 0 Å². The van der Waals surface area contributed by atoms with Crippen molar-refractivity contribution in [1.29, 1.82) is 0 Å². The number of rotatable bonds is 1. The molecule has 1 heterocycles. The fourth-order valence-electron chi connectivity index (χ4n) is 1.29. The highest BCUT2D eigenvalue weighted by Gasteiger charge is 2.06.